The molecule has 0 saturated carbocycles. The fourth-order valence-electron chi connectivity index (χ4n) is 2.00. The first kappa shape index (κ1) is 18.7. The predicted molar refractivity (Wildman–Crippen MR) is 85.5 cm³/mol. The summed E-state index contributed by atoms with van der Waals surface area (Å²) in [6.45, 7) is -0.643. The summed E-state index contributed by atoms with van der Waals surface area (Å²) in [4.78, 5) is 24.0. The van der Waals surface area contributed by atoms with Crippen molar-refractivity contribution in [2.24, 2.45) is 0 Å². The van der Waals surface area contributed by atoms with Gasteiger partial charge < -0.3 is 14.2 Å². The highest BCUT2D eigenvalue weighted by Gasteiger charge is 2.18. The minimum absolute atomic E-state index is 0.0423. The van der Waals surface area contributed by atoms with Crippen molar-refractivity contribution in [3.63, 3.8) is 0 Å². The predicted octanol–water partition coefficient (Wildman–Crippen LogP) is 3.68. The molecule has 0 spiro atoms. The molecule has 0 N–H and O–H groups in total. The van der Waals surface area contributed by atoms with Crippen LogP contribution >= 0.6 is 11.6 Å². The Hall–Kier alpha value is -2.67. The van der Waals surface area contributed by atoms with Crippen LogP contribution < -0.4 is 9.47 Å². The zero-order valence-corrected chi connectivity index (χ0v) is 14.0. The Balaban J connectivity index is 2.10. The van der Waals surface area contributed by atoms with Gasteiger partial charge in [0.25, 0.3) is 0 Å². The highest BCUT2D eigenvalue weighted by Crippen LogP contribution is 2.36. The van der Waals surface area contributed by atoms with Gasteiger partial charge in [-0.15, -0.1) is 0 Å². The standard InChI is InChI=1S/C17H13ClF2O5/c1-23-15-7-10(5-11(18)16(15)24-2)17(22)25-8-14(21)9-3-4-12(19)13(20)6-9/h3-7H,8H2,1-2H3. The van der Waals surface area contributed by atoms with Crippen LogP contribution in [0.15, 0.2) is 30.3 Å². The average Bonchev–Trinajstić information content (AvgIpc) is 2.60. The van der Waals surface area contributed by atoms with Crippen molar-refractivity contribution >= 4 is 23.4 Å². The molecule has 2 aromatic carbocycles. The summed E-state index contributed by atoms with van der Waals surface area (Å²) in [6.07, 6.45) is 0. The van der Waals surface area contributed by atoms with E-state index in [1.54, 1.807) is 0 Å². The van der Waals surface area contributed by atoms with Crippen LogP contribution in [-0.2, 0) is 4.74 Å². The normalized spacial score (nSPS) is 10.3. The molecule has 5 nitrogen and oxygen atoms in total. The van der Waals surface area contributed by atoms with Gasteiger partial charge in [-0.05, 0) is 30.3 Å². The highest BCUT2D eigenvalue weighted by atomic mass is 35.5. The number of hydrogen-bond donors (Lipinski definition) is 0. The van der Waals surface area contributed by atoms with E-state index >= 15 is 0 Å². The van der Waals surface area contributed by atoms with Crippen molar-refractivity contribution in [1.29, 1.82) is 0 Å². The van der Waals surface area contributed by atoms with Crippen LogP contribution in [0.4, 0.5) is 8.78 Å². The molecule has 0 aromatic heterocycles. The van der Waals surface area contributed by atoms with Crippen LogP contribution in [0.3, 0.4) is 0 Å². The number of methoxy groups -OCH3 is 2. The molecule has 0 unspecified atom stereocenters. The van der Waals surface area contributed by atoms with Gasteiger partial charge in [0.1, 0.15) is 0 Å². The summed E-state index contributed by atoms with van der Waals surface area (Å²) in [5.41, 5.74) is -0.0715. The lowest BCUT2D eigenvalue weighted by atomic mass is 10.1. The van der Waals surface area contributed by atoms with Gasteiger partial charge in [0.05, 0.1) is 24.8 Å². The van der Waals surface area contributed by atoms with E-state index in [-0.39, 0.29) is 27.6 Å². The monoisotopic (exact) mass is 370 g/mol. The zero-order chi connectivity index (χ0) is 18.6. The van der Waals surface area contributed by atoms with Crippen molar-refractivity contribution in [2.45, 2.75) is 0 Å². The van der Waals surface area contributed by atoms with Crippen molar-refractivity contribution < 1.29 is 32.6 Å². The molecule has 2 aromatic rings. The third-order valence-corrected chi connectivity index (χ3v) is 3.53. The molecule has 0 heterocycles. The van der Waals surface area contributed by atoms with Gasteiger partial charge in [-0.1, -0.05) is 11.6 Å². The van der Waals surface area contributed by atoms with Crippen molar-refractivity contribution in [3.8, 4) is 11.5 Å². The van der Waals surface area contributed by atoms with Gasteiger partial charge in [-0.2, -0.15) is 0 Å². The lowest BCUT2D eigenvalue weighted by molar-refractivity contribution is 0.0474. The average molecular weight is 371 g/mol. The smallest absolute Gasteiger partial charge is 0.338 e. The van der Waals surface area contributed by atoms with Crippen molar-refractivity contribution in [2.75, 3.05) is 20.8 Å². The largest absolute Gasteiger partial charge is 0.493 e. The Morgan fingerprint density at radius 3 is 2.32 bits per heavy atom. The van der Waals surface area contributed by atoms with Crippen molar-refractivity contribution in [1.82, 2.24) is 0 Å². The molecule has 0 amide bonds. The maximum absolute atomic E-state index is 13.1. The third kappa shape index (κ3) is 4.24. The number of benzene rings is 2. The SMILES string of the molecule is COc1cc(C(=O)OCC(=O)c2ccc(F)c(F)c2)cc(Cl)c1OC. The summed E-state index contributed by atoms with van der Waals surface area (Å²) in [7, 11) is 2.76. The summed E-state index contributed by atoms with van der Waals surface area (Å²) in [6, 6.07) is 5.29. The van der Waals surface area contributed by atoms with E-state index in [2.05, 4.69) is 0 Å². The number of halogens is 3. The first-order valence-electron chi connectivity index (χ1n) is 6.94. The number of ketones is 1. The molecule has 25 heavy (non-hydrogen) atoms. The van der Waals surface area contributed by atoms with Crippen LogP contribution in [0, 0.1) is 11.6 Å². The van der Waals surface area contributed by atoms with E-state index in [1.807, 2.05) is 0 Å². The van der Waals surface area contributed by atoms with Crippen LogP contribution in [-0.4, -0.2) is 32.6 Å². The number of carbonyl (C=O) groups is 2. The van der Waals surface area contributed by atoms with E-state index in [9.17, 15) is 18.4 Å². The Bertz CT molecular complexity index is 823. The molecule has 0 saturated heterocycles. The fraction of sp³-hybridized carbons (Fsp3) is 0.176. The van der Waals surface area contributed by atoms with Crippen LogP contribution in [0.25, 0.3) is 0 Å². The molecule has 0 aliphatic carbocycles. The molecule has 0 fully saturated rings. The van der Waals surface area contributed by atoms with E-state index < -0.39 is 30.0 Å². The number of esters is 1. The second kappa shape index (κ2) is 7.94. The van der Waals surface area contributed by atoms with Crippen molar-refractivity contribution in [3.05, 3.63) is 58.1 Å². The molecule has 0 aliphatic rings. The summed E-state index contributed by atoms with van der Waals surface area (Å²) in [5.74, 6) is -3.29. The maximum Gasteiger partial charge on any atom is 0.338 e. The molecule has 0 atom stereocenters. The second-order valence-corrected chi connectivity index (χ2v) is 5.23. The minimum atomic E-state index is -1.16. The topological polar surface area (TPSA) is 61.8 Å². The van der Waals surface area contributed by atoms with Gasteiger partial charge in [-0.3, -0.25) is 4.79 Å². The first-order chi connectivity index (χ1) is 11.9. The zero-order valence-electron chi connectivity index (χ0n) is 13.3. The Morgan fingerprint density at radius 2 is 1.72 bits per heavy atom. The van der Waals surface area contributed by atoms with Gasteiger partial charge in [-0.25, -0.2) is 13.6 Å². The molecular weight excluding hydrogens is 358 g/mol. The molecule has 132 valence electrons. The number of Topliss-reactive ketones (excluding diaryl/α,β-unsaturated/α-hetero) is 1. The van der Waals surface area contributed by atoms with Gasteiger partial charge in [0, 0.05) is 5.56 Å². The maximum atomic E-state index is 13.1. The van der Waals surface area contributed by atoms with E-state index in [0.717, 1.165) is 18.2 Å². The van der Waals surface area contributed by atoms with E-state index in [0.29, 0.717) is 0 Å². The fourth-order valence-corrected chi connectivity index (χ4v) is 2.29. The third-order valence-electron chi connectivity index (χ3n) is 3.25. The molecule has 0 bridgehead atoms. The Morgan fingerprint density at radius 1 is 1.00 bits per heavy atom. The summed E-state index contributed by atoms with van der Waals surface area (Å²) in [5, 5.41) is 0.126. The number of ether oxygens (including phenoxy) is 3. The summed E-state index contributed by atoms with van der Waals surface area (Å²) >= 11 is 5.99. The number of hydrogen-bond acceptors (Lipinski definition) is 5. The molecule has 0 aliphatic heterocycles. The minimum Gasteiger partial charge on any atom is -0.493 e. The molecule has 8 heteroatoms. The van der Waals surface area contributed by atoms with Crippen LogP contribution in [0.1, 0.15) is 20.7 Å². The quantitative estimate of drug-likeness (QED) is 0.573. The summed E-state index contributed by atoms with van der Waals surface area (Å²) < 4.78 is 41.0. The lowest BCUT2D eigenvalue weighted by Crippen LogP contribution is -2.15. The van der Waals surface area contributed by atoms with Crippen LogP contribution in [0.2, 0.25) is 5.02 Å². The first-order valence-corrected chi connectivity index (χ1v) is 7.32. The molecular formula is C17H13ClF2O5. The van der Waals surface area contributed by atoms with Gasteiger partial charge in [0.15, 0.2) is 35.5 Å². The second-order valence-electron chi connectivity index (χ2n) is 4.82. The van der Waals surface area contributed by atoms with E-state index in [4.69, 9.17) is 25.8 Å². The van der Waals surface area contributed by atoms with Gasteiger partial charge >= 0.3 is 5.97 Å². The number of rotatable bonds is 6. The number of carbonyl (C=O) groups excluding carboxylic acids is 2. The molecule has 2 rings (SSSR count). The Kier molecular flexibility index (Phi) is 5.93. The highest BCUT2D eigenvalue weighted by molar-refractivity contribution is 6.32. The van der Waals surface area contributed by atoms with Crippen LogP contribution in [0.5, 0.6) is 11.5 Å². The molecule has 0 radical (unpaired) electrons. The van der Waals surface area contributed by atoms with Gasteiger partial charge in [0.2, 0.25) is 0 Å². The lowest BCUT2D eigenvalue weighted by Gasteiger charge is -2.11. The van der Waals surface area contributed by atoms with E-state index in [1.165, 1.54) is 26.4 Å². The Labute approximate surface area is 147 Å².